The van der Waals surface area contributed by atoms with Crippen molar-refractivity contribution in [2.24, 2.45) is 5.92 Å². The number of benzene rings is 2. The van der Waals surface area contributed by atoms with Gasteiger partial charge in [-0.1, -0.05) is 37.0 Å². The van der Waals surface area contributed by atoms with Crippen LogP contribution in [0.5, 0.6) is 5.75 Å². The van der Waals surface area contributed by atoms with Crippen molar-refractivity contribution in [3.05, 3.63) is 58.1 Å². The maximum absolute atomic E-state index is 12.1. The lowest BCUT2D eigenvalue weighted by molar-refractivity contribution is -0.153. The summed E-state index contributed by atoms with van der Waals surface area (Å²) in [5.74, 6) is -1.20. The average molecular weight is 468 g/mol. The fourth-order valence-corrected chi connectivity index (χ4v) is 2.73. The lowest BCUT2D eigenvalue weighted by Crippen LogP contribution is -2.29. The van der Waals surface area contributed by atoms with Gasteiger partial charge in [0.05, 0.1) is 17.2 Å². The summed E-state index contributed by atoms with van der Waals surface area (Å²) >= 11 is 11.8. The predicted octanol–water partition coefficient (Wildman–Crippen LogP) is 4.76. The highest BCUT2D eigenvalue weighted by molar-refractivity contribution is 6.35. The molecule has 1 N–H and O–H groups in total. The number of anilines is 1. The van der Waals surface area contributed by atoms with Crippen molar-refractivity contribution in [3.8, 4) is 5.75 Å². The molecule has 2 aromatic rings. The smallest absolute Gasteiger partial charge is 0.347 e. The first-order valence-corrected chi connectivity index (χ1v) is 10.3. The standard InChI is InChI=1S/C22H23Cl2NO6/c1-13(2)11-29-22(28)15-4-7-17(8-5-15)25-20(26)12-30-21(27)14(3)31-19-9-6-16(23)10-18(19)24/h4-10,13-14H,11-12H2,1-3H3,(H,25,26)/t14-/m0/s1. The first kappa shape index (κ1) is 24.5. The van der Waals surface area contributed by atoms with Gasteiger partial charge in [-0.05, 0) is 55.3 Å². The van der Waals surface area contributed by atoms with Crippen molar-refractivity contribution in [1.82, 2.24) is 0 Å². The van der Waals surface area contributed by atoms with E-state index >= 15 is 0 Å². The summed E-state index contributed by atoms with van der Waals surface area (Å²) in [4.78, 5) is 36.0. The highest BCUT2D eigenvalue weighted by atomic mass is 35.5. The number of nitrogens with one attached hydrogen (secondary N) is 1. The molecule has 0 saturated carbocycles. The predicted molar refractivity (Wildman–Crippen MR) is 118 cm³/mol. The van der Waals surface area contributed by atoms with Crippen molar-refractivity contribution in [3.63, 3.8) is 0 Å². The van der Waals surface area contributed by atoms with Gasteiger partial charge in [-0.15, -0.1) is 0 Å². The summed E-state index contributed by atoms with van der Waals surface area (Å²) in [6.07, 6.45) is -0.984. The topological polar surface area (TPSA) is 90.9 Å². The second-order valence-corrected chi connectivity index (χ2v) is 7.90. The summed E-state index contributed by atoms with van der Waals surface area (Å²) in [6, 6.07) is 10.8. The Bertz CT molecular complexity index is 930. The van der Waals surface area contributed by atoms with Crippen LogP contribution in [0.1, 0.15) is 31.1 Å². The Morgan fingerprint density at radius 3 is 2.26 bits per heavy atom. The molecule has 0 aliphatic carbocycles. The number of hydrogen-bond acceptors (Lipinski definition) is 6. The third-order valence-corrected chi connectivity index (χ3v) is 4.36. The molecule has 0 spiro atoms. The van der Waals surface area contributed by atoms with Gasteiger partial charge in [0.1, 0.15) is 5.75 Å². The number of ether oxygens (including phenoxy) is 3. The van der Waals surface area contributed by atoms with Crippen LogP contribution >= 0.6 is 23.2 Å². The highest BCUT2D eigenvalue weighted by Crippen LogP contribution is 2.28. The molecule has 7 nitrogen and oxygen atoms in total. The van der Waals surface area contributed by atoms with Gasteiger partial charge in [0, 0.05) is 10.7 Å². The summed E-state index contributed by atoms with van der Waals surface area (Å²) in [5, 5.41) is 3.26. The van der Waals surface area contributed by atoms with Crippen LogP contribution in [-0.4, -0.2) is 37.2 Å². The van der Waals surface area contributed by atoms with Crippen molar-refractivity contribution >= 4 is 46.7 Å². The second-order valence-electron chi connectivity index (χ2n) is 7.06. The normalized spacial score (nSPS) is 11.5. The highest BCUT2D eigenvalue weighted by Gasteiger charge is 2.19. The van der Waals surface area contributed by atoms with E-state index in [1.807, 2.05) is 13.8 Å². The van der Waals surface area contributed by atoms with Gasteiger partial charge in [-0.3, -0.25) is 4.79 Å². The molecule has 0 aliphatic heterocycles. The third kappa shape index (κ3) is 8.11. The maximum atomic E-state index is 12.1. The molecular weight excluding hydrogens is 445 g/mol. The fourth-order valence-electron chi connectivity index (χ4n) is 2.28. The number of halogens is 2. The van der Waals surface area contributed by atoms with Crippen molar-refractivity contribution < 1.29 is 28.6 Å². The minimum atomic E-state index is -0.984. The van der Waals surface area contributed by atoms with Crippen molar-refractivity contribution in [2.45, 2.75) is 26.9 Å². The van der Waals surface area contributed by atoms with Crippen LogP contribution < -0.4 is 10.1 Å². The van der Waals surface area contributed by atoms with Crippen LogP contribution in [0, 0.1) is 5.92 Å². The lowest BCUT2D eigenvalue weighted by Gasteiger charge is -2.15. The van der Waals surface area contributed by atoms with Crippen LogP contribution in [0.15, 0.2) is 42.5 Å². The van der Waals surface area contributed by atoms with Crippen LogP contribution in [0.25, 0.3) is 0 Å². The first-order valence-electron chi connectivity index (χ1n) is 9.51. The van der Waals surface area contributed by atoms with Crippen molar-refractivity contribution in [2.75, 3.05) is 18.5 Å². The van der Waals surface area contributed by atoms with E-state index in [0.29, 0.717) is 22.9 Å². The van der Waals surface area contributed by atoms with Crippen LogP contribution in [0.4, 0.5) is 5.69 Å². The molecule has 0 aromatic heterocycles. The summed E-state index contributed by atoms with van der Waals surface area (Å²) < 4.78 is 15.6. The molecule has 2 aromatic carbocycles. The number of hydrogen-bond donors (Lipinski definition) is 1. The number of carbonyl (C=O) groups is 3. The van der Waals surface area contributed by atoms with Gasteiger partial charge in [0.25, 0.3) is 5.91 Å². The number of carbonyl (C=O) groups excluding carboxylic acids is 3. The van der Waals surface area contributed by atoms with E-state index in [1.165, 1.54) is 31.2 Å². The SMILES string of the molecule is CC(C)COC(=O)c1ccc(NC(=O)COC(=O)[C@H](C)Oc2ccc(Cl)cc2Cl)cc1. The lowest BCUT2D eigenvalue weighted by atomic mass is 10.2. The van der Waals surface area contributed by atoms with E-state index in [4.69, 9.17) is 37.4 Å². The van der Waals surface area contributed by atoms with Gasteiger partial charge in [-0.25, -0.2) is 9.59 Å². The molecular formula is C22H23Cl2NO6. The van der Waals surface area contributed by atoms with Crippen LogP contribution in [-0.2, 0) is 19.1 Å². The Balaban J connectivity index is 1.80. The van der Waals surface area contributed by atoms with Gasteiger partial charge in [0.2, 0.25) is 0 Å². The quantitative estimate of drug-likeness (QED) is 0.534. The second kappa shape index (κ2) is 11.6. The van der Waals surface area contributed by atoms with Gasteiger partial charge >= 0.3 is 11.9 Å². The molecule has 0 heterocycles. The Morgan fingerprint density at radius 2 is 1.65 bits per heavy atom. The number of amides is 1. The minimum absolute atomic E-state index is 0.238. The Morgan fingerprint density at radius 1 is 0.968 bits per heavy atom. The van der Waals surface area contributed by atoms with Crippen LogP contribution in [0.3, 0.4) is 0 Å². The van der Waals surface area contributed by atoms with Gasteiger partial charge in [0.15, 0.2) is 12.7 Å². The van der Waals surface area contributed by atoms with Gasteiger partial charge < -0.3 is 19.5 Å². The number of esters is 2. The Labute approximate surface area is 190 Å². The molecule has 0 unspecified atom stereocenters. The summed E-state index contributed by atoms with van der Waals surface area (Å²) in [5.41, 5.74) is 0.815. The summed E-state index contributed by atoms with van der Waals surface area (Å²) in [6.45, 7) is 5.19. The van der Waals surface area contributed by atoms with E-state index in [9.17, 15) is 14.4 Å². The molecule has 166 valence electrons. The molecule has 1 amide bonds. The molecule has 0 bridgehead atoms. The maximum Gasteiger partial charge on any atom is 0.347 e. The molecule has 0 fully saturated rings. The zero-order chi connectivity index (χ0) is 23.0. The molecule has 0 radical (unpaired) electrons. The zero-order valence-electron chi connectivity index (χ0n) is 17.3. The molecule has 31 heavy (non-hydrogen) atoms. The van der Waals surface area contributed by atoms with Gasteiger partial charge in [-0.2, -0.15) is 0 Å². The molecule has 0 saturated heterocycles. The number of rotatable bonds is 9. The van der Waals surface area contributed by atoms with E-state index in [2.05, 4.69) is 5.32 Å². The minimum Gasteiger partial charge on any atom is -0.477 e. The first-order chi connectivity index (χ1) is 14.7. The van der Waals surface area contributed by atoms with Crippen molar-refractivity contribution in [1.29, 1.82) is 0 Å². The third-order valence-electron chi connectivity index (χ3n) is 3.83. The largest absolute Gasteiger partial charge is 0.477 e. The van der Waals surface area contributed by atoms with E-state index in [0.717, 1.165) is 0 Å². The van der Waals surface area contributed by atoms with Crippen LogP contribution in [0.2, 0.25) is 10.0 Å². The molecule has 1 atom stereocenters. The van der Waals surface area contributed by atoms with E-state index in [1.54, 1.807) is 18.2 Å². The molecule has 2 rings (SSSR count). The molecule has 9 heteroatoms. The van der Waals surface area contributed by atoms with E-state index in [-0.39, 0.29) is 16.7 Å². The molecule has 0 aliphatic rings. The zero-order valence-corrected chi connectivity index (χ0v) is 18.8. The fraction of sp³-hybridized carbons (Fsp3) is 0.318. The Kier molecular flexibility index (Phi) is 9.15. The van der Waals surface area contributed by atoms with E-state index < -0.39 is 30.6 Å². The summed E-state index contributed by atoms with van der Waals surface area (Å²) in [7, 11) is 0. The monoisotopic (exact) mass is 467 g/mol. The Hall–Kier alpha value is -2.77. The average Bonchev–Trinajstić information content (AvgIpc) is 2.72.